The molecule has 0 radical (unpaired) electrons. The van der Waals surface area contributed by atoms with E-state index < -0.39 is 0 Å². The molecule has 0 saturated carbocycles. The van der Waals surface area contributed by atoms with Crippen molar-refractivity contribution in [1.82, 2.24) is 0 Å². The van der Waals surface area contributed by atoms with Crippen molar-refractivity contribution in [3.63, 3.8) is 0 Å². The van der Waals surface area contributed by atoms with Crippen molar-refractivity contribution < 1.29 is 19.1 Å². The molecule has 0 spiro atoms. The van der Waals surface area contributed by atoms with E-state index in [1.807, 2.05) is 0 Å². The number of methoxy groups -OCH3 is 2. The lowest BCUT2D eigenvalue weighted by atomic mass is 9.93. The maximum atomic E-state index is 11.3. The van der Waals surface area contributed by atoms with Crippen LogP contribution in [0.1, 0.15) is 19.8 Å². The lowest BCUT2D eigenvalue weighted by Crippen LogP contribution is -2.14. The normalized spacial score (nSPS) is 15.8. The zero-order valence-corrected chi connectivity index (χ0v) is 9.12. The van der Waals surface area contributed by atoms with Crippen LogP contribution in [0.15, 0.2) is 22.8 Å². The molecule has 0 atom stereocenters. The van der Waals surface area contributed by atoms with Gasteiger partial charge < -0.3 is 9.47 Å². The quantitative estimate of drug-likeness (QED) is 0.646. The van der Waals surface area contributed by atoms with Crippen LogP contribution in [0.2, 0.25) is 0 Å². The molecule has 15 heavy (non-hydrogen) atoms. The Bertz CT molecular complexity index is 350. The summed E-state index contributed by atoms with van der Waals surface area (Å²) >= 11 is 0. The minimum atomic E-state index is -0.335. The number of esters is 2. The van der Waals surface area contributed by atoms with Gasteiger partial charge in [-0.2, -0.15) is 0 Å². The predicted octanol–water partition coefficient (Wildman–Crippen LogP) is 1.37. The summed E-state index contributed by atoms with van der Waals surface area (Å²) in [5.41, 5.74) is 2.00. The van der Waals surface area contributed by atoms with E-state index in [-0.39, 0.29) is 11.9 Å². The van der Waals surface area contributed by atoms with Crippen molar-refractivity contribution in [3.8, 4) is 0 Å². The minimum absolute atomic E-state index is 0.326. The summed E-state index contributed by atoms with van der Waals surface area (Å²) in [6.45, 7) is 1.79. The SMILES string of the molecule is COC(=O)C1=CC(C)=C(C(=O)OC)CC1. The van der Waals surface area contributed by atoms with E-state index in [9.17, 15) is 9.59 Å². The third-order valence-corrected chi connectivity index (χ3v) is 2.39. The summed E-state index contributed by atoms with van der Waals surface area (Å²) in [5.74, 6) is -0.661. The topological polar surface area (TPSA) is 52.6 Å². The molecule has 82 valence electrons. The van der Waals surface area contributed by atoms with Gasteiger partial charge in [0.1, 0.15) is 0 Å². The van der Waals surface area contributed by atoms with Crippen LogP contribution in [0.3, 0.4) is 0 Å². The van der Waals surface area contributed by atoms with Crippen LogP contribution in [0.25, 0.3) is 0 Å². The van der Waals surface area contributed by atoms with Crippen molar-refractivity contribution in [2.24, 2.45) is 0 Å². The Morgan fingerprint density at radius 2 is 1.73 bits per heavy atom. The molecule has 0 aromatic carbocycles. The van der Waals surface area contributed by atoms with Crippen molar-refractivity contribution in [3.05, 3.63) is 22.8 Å². The summed E-state index contributed by atoms with van der Waals surface area (Å²) < 4.78 is 9.25. The first-order valence-electron chi connectivity index (χ1n) is 4.67. The Balaban J connectivity index is 2.93. The van der Waals surface area contributed by atoms with Crippen LogP contribution >= 0.6 is 0 Å². The standard InChI is InChI=1S/C11H14O4/c1-7-6-8(10(12)14-2)4-5-9(7)11(13)15-3/h6H,4-5H2,1-3H3. The van der Waals surface area contributed by atoms with E-state index in [1.54, 1.807) is 13.0 Å². The molecule has 0 bridgehead atoms. The number of hydrogen-bond acceptors (Lipinski definition) is 4. The number of carbonyl (C=O) groups is 2. The molecule has 0 unspecified atom stereocenters. The highest BCUT2D eigenvalue weighted by molar-refractivity contribution is 5.94. The second-order valence-corrected chi connectivity index (χ2v) is 3.31. The molecule has 4 heteroatoms. The fraction of sp³-hybridized carbons (Fsp3) is 0.455. The molecule has 1 aliphatic rings. The van der Waals surface area contributed by atoms with Crippen LogP contribution in [-0.4, -0.2) is 26.2 Å². The third kappa shape index (κ3) is 2.46. The van der Waals surface area contributed by atoms with Crippen LogP contribution in [0.5, 0.6) is 0 Å². The molecule has 0 saturated heterocycles. The van der Waals surface area contributed by atoms with Gasteiger partial charge in [0.2, 0.25) is 0 Å². The molecular formula is C11H14O4. The van der Waals surface area contributed by atoms with Crippen LogP contribution < -0.4 is 0 Å². The maximum absolute atomic E-state index is 11.3. The van der Waals surface area contributed by atoms with Crippen LogP contribution in [-0.2, 0) is 19.1 Å². The highest BCUT2D eigenvalue weighted by Gasteiger charge is 2.21. The van der Waals surface area contributed by atoms with Gasteiger partial charge in [0.05, 0.1) is 14.2 Å². The van der Waals surface area contributed by atoms with E-state index in [2.05, 4.69) is 9.47 Å². The summed E-state index contributed by atoms with van der Waals surface area (Å²) in [7, 11) is 2.69. The summed E-state index contributed by atoms with van der Waals surface area (Å²) in [5, 5.41) is 0. The second kappa shape index (κ2) is 4.77. The molecule has 1 rings (SSSR count). The minimum Gasteiger partial charge on any atom is -0.466 e. The van der Waals surface area contributed by atoms with E-state index in [1.165, 1.54) is 14.2 Å². The third-order valence-electron chi connectivity index (χ3n) is 2.39. The van der Waals surface area contributed by atoms with Gasteiger partial charge in [0.25, 0.3) is 0 Å². The second-order valence-electron chi connectivity index (χ2n) is 3.31. The fourth-order valence-corrected chi connectivity index (χ4v) is 1.56. The van der Waals surface area contributed by atoms with E-state index in [4.69, 9.17) is 0 Å². The highest BCUT2D eigenvalue weighted by Crippen LogP contribution is 2.25. The van der Waals surface area contributed by atoms with Gasteiger partial charge >= 0.3 is 11.9 Å². The Kier molecular flexibility index (Phi) is 3.66. The number of hydrogen-bond donors (Lipinski definition) is 0. The molecule has 0 aromatic rings. The molecule has 0 heterocycles. The van der Waals surface area contributed by atoms with Gasteiger partial charge in [-0.25, -0.2) is 9.59 Å². The number of ether oxygens (including phenoxy) is 2. The molecule has 1 aliphatic carbocycles. The largest absolute Gasteiger partial charge is 0.466 e. The summed E-state index contributed by atoms with van der Waals surface area (Å²) in [6, 6.07) is 0. The molecule has 0 aromatic heterocycles. The Hall–Kier alpha value is -1.58. The van der Waals surface area contributed by atoms with Gasteiger partial charge in [-0.15, -0.1) is 0 Å². The van der Waals surface area contributed by atoms with Crippen molar-refractivity contribution in [1.29, 1.82) is 0 Å². The van der Waals surface area contributed by atoms with Crippen molar-refractivity contribution in [2.45, 2.75) is 19.8 Å². The van der Waals surface area contributed by atoms with Gasteiger partial charge in [0, 0.05) is 11.1 Å². The van der Waals surface area contributed by atoms with Gasteiger partial charge in [-0.3, -0.25) is 0 Å². The zero-order chi connectivity index (χ0) is 11.4. The van der Waals surface area contributed by atoms with Gasteiger partial charge in [-0.05, 0) is 31.4 Å². The molecule has 0 N–H and O–H groups in total. The summed E-state index contributed by atoms with van der Waals surface area (Å²) in [4.78, 5) is 22.5. The zero-order valence-electron chi connectivity index (χ0n) is 9.12. The Morgan fingerprint density at radius 1 is 1.13 bits per heavy atom. The average Bonchev–Trinajstić information content (AvgIpc) is 2.26. The fourth-order valence-electron chi connectivity index (χ4n) is 1.56. The van der Waals surface area contributed by atoms with Gasteiger partial charge in [-0.1, -0.05) is 0 Å². The summed E-state index contributed by atoms with van der Waals surface area (Å²) in [6.07, 6.45) is 2.73. The van der Waals surface area contributed by atoms with E-state index in [0.717, 1.165) is 5.57 Å². The monoisotopic (exact) mass is 210 g/mol. The molecule has 0 amide bonds. The maximum Gasteiger partial charge on any atom is 0.333 e. The Morgan fingerprint density at radius 3 is 2.20 bits per heavy atom. The first-order chi connectivity index (χ1) is 7.10. The first-order valence-corrected chi connectivity index (χ1v) is 4.67. The van der Waals surface area contributed by atoms with Crippen molar-refractivity contribution >= 4 is 11.9 Å². The van der Waals surface area contributed by atoms with E-state index >= 15 is 0 Å². The molecule has 0 aliphatic heterocycles. The predicted molar refractivity (Wildman–Crippen MR) is 54.0 cm³/mol. The lowest BCUT2D eigenvalue weighted by molar-refractivity contribution is -0.137. The molecule has 4 nitrogen and oxygen atoms in total. The smallest absolute Gasteiger partial charge is 0.333 e. The molecule has 0 fully saturated rings. The van der Waals surface area contributed by atoms with Crippen LogP contribution in [0, 0.1) is 0 Å². The number of allylic oxidation sites excluding steroid dienone is 2. The van der Waals surface area contributed by atoms with Crippen LogP contribution in [0.4, 0.5) is 0 Å². The lowest BCUT2D eigenvalue weighted by Gasteiger charge is -2.15. The van der Waals surface area contributed by atoms with Crippen molar-refractivity contribution in [2.75, 3.05) is 14.2 Å². The number of carbonyl (C=O) groups excluding carboxylic acids is 2. The molecular weight excluding hydrogens is 196 g/mol. The number of rotatable bonds is 2. The van der Waals surface area contributed by atoms with Gasteiger partial charge in [0.15, 0.2) is 0 Å². The Labute approximate surface area is 88.6 Å². The highest BCUT2D eigenvalue weighted by atomic mass is 16.5. The first kappa shape index (κ1) is 11.5. The van der Waals surface area contributed by atoms with E-state index in [0.29, 0.717) is 24.0 Å². The average molecular weight is 210 g/mol.